The molecule has 0 unspecified atom stereocenters. The fraction of sp³-hybridized carbons (Fsp3) is 0.500. The number of aromatic amines is 1. The Kier molecular flexibility index (Phi) is 8.08. The number of para-hydroxylation sites is 1. The van der Waals surface area contributed by atoms with E-state index in [1.807, 2.05) is 18.2 Å². The van der Waals surface area contributed by atoms with Crippen LogP contribution in [0.4, 0.5) is 4.39 Å². The number of benzene rings is 1. The van der Waals surface area contributed by atoms with Crippen LogP contribution in [0.5, 0.6) is 0 Å². The maximum atomic E-state index is 14.2. The minimum absolute atomic E-state index is 0.360. The number of unbranched alkanes of at least 4 members (excludes halogenated alkanes) is 1. The van der Waals surface area contributed by atoms with Crippen LogP contribution in [-0.4, -0.2) is 34.0 Å². The van der Waals surface area contributed by atoms with Crippen LogP contribution in [0.2, 0.25) is 0 Å². The maximum absolute atomic E-state index is 14.2. The van der Waals surface area contributed by atoms with Crippen LogP contribution in [0.1, 0.15) is 62.5 Å². The zero-order valence-electron chi connectivity index (χ0n) is 18.5. The van der Waals surface area contributed by atoms with E-state index in [1.54, 1.807) is 0 Å². The van der Waals surface area contributed by atoms with E-state index in [9.17, 15) is 4.39 Å². The standard InChI is InChI=1S/C26H35FN4/c27-26-21(10-9-16-29-26)19-31(20-22-18-30-25-14-6-5-13-24(22)25)17-8-7-15-28-23-11-3-1-2-4-12-23/h5-6,9-10,13-14,16,18,23,28,30H,1-4,7-8,11-12,15,17,19-20H2. The third kappa shape index (κ3) is 6.37. The molecule has 5 heteroatoms. The number of hydrogen-bond donors (Lipinski definition) is 2. The summed E-state index contributed by atoms with van der Waals surface area (Å²) >= 11 is 0. The van der Waals surface area contributed by atoms with Crippen LogP contribution in [0.3, 0.4) is 0 Å². The van der Waals surface area contributed by atoms with E-state index in [-0.39, 0.29) is 5.95 Å². The van der Waals surface area contributed by atoms with Crippen LogP contribution >= 0.6 is 0 Å². The highest BCUT2D eigenvalue weighted by atomic mass is 19.1. The molecule has 1 aliphatic rings. The summed E-state index contributed by atoms with van der Waals surface area (Å²) in [6.07, 6.45) is 14.0. The second-order valence-electron chi connectivity index (χ2n) is 8.87. The molecule has 3 aromatic rings. The van der Waals surface area contributed by atoms with E-state index in [4.69, 9.17) is 0 Å². The molecule has 1 fully saturated rings. The number of halogens is 1. The van der Waals surface area contributed by atoms with Gasteiger partial charge in [0.05, 0.1) is 0 Å². The molecular formula is C26H35FN4. The summed E-state index contributed by atoms with van der Waals surface area (Å²) in [5.74, 6) is -0.360. The molecule has 0 aliphatic heterocycles. The fourth-order valence-electron chi connectivity index (χ4n) is 4.75. The van der Waals surface area contributed by atoms with Gasteiger partial charge < -0.3 is 10.3 Å². The lowest BCUT2D eigenvalue weighted by atomic mass is 10.1. The van der Waals surface area contributed by atoms with E-state index < -0.39 is 0 Å². The Labute approximate surface area is 185 Å². The molecule has 4 nitrogen and oxygen atoms in total. The molecule has 0 saturated heterocycles. The molecule has 0 atom stereocenters. The molecule has 166 valence electrons. The Hall–Kier alpha value is -2.24. The lowest BCUT2D eigenvalue weighted by Crippen LogP contribution is -2.30. The lowest BCUT2D eigenvalue weighted by Gasteiger charge is -2.23. The van der Waals surface area contributed by atoms with Gasteiger partial charge >= 0.3 is 0 Å². The van der Waals surface area contributed by atoms with Crippen molar-refractivity contribution >= 4 is 10.9 Å². The first-order valence-corrected chi connectivity index (χ1v) is 11.9. The van der Waals surface area contributed by atoms with Crippen molar-refractivity contribution in [2.45, 2.75) is 70.5 Å². The van der Waals surface area contributed by atoms with Crippen molar-refractivity contribution in [2.75, 3.05) is 13.1 Å². The highest BCUT2D eigenvalue weighted by Crippen LogP contribution is 2.21. The van der Waals surface area contributed by atoms with Crippen molar-refractivity contribution in [3.8, 4) is 0 Å². The van der Waals surface area contributed by atoms with Crippen LogP contribution in [0.15, 0.2) is 48.8 Å². The van der Waals surface area contributed by atoms with Gasteiger partial charge in [-0.1, -0.05) is 49.9 Å². The molecular weight excluding hydrogens is 387 g/mol. The van der Waals surface area contributed by atoms with E-state index in [2.05, 4.69) is 44.6 Å². The third-order valence-electron chi connectivity index (χ3n) is 6.49. The smallest absolute Gasteiger partial charge is 0.217 e. The molecule has 0 radical (unpaired) electrons. The van der Waals surface area contributed by atoms with Gasteiger partial charge in [-0.3, -0.25) is 4.90 Å². The summed E-state index contributed by atoms with van der Waals surface area (Å²) in [5.41, 5.74) is 3.08. The van der Waals surface area contributed by atoms with Crippen molar-refractivity contribution in [3.05, 3.63) is 65.9 Å². The molecule has 2 heterocycles. The monoisotopic (exact) mass is 422 g/mol. The summed E-state index contributed by atoms with van der Waals surface area (Å²) in [6.45, 7) is 3.40. The van der Waals surface area contributed by atoms with Crippen LogP contribution in [0.25, 0.3) is 10.9 Å². The largest absolute Gasteiger partial charge is 0.361 e. The van der Waals surface area contributed by atoms with Crippen molar-refractivity contribution in [1.29, 1.82) is 0 Å². The number of nitrogens with zero attached hydrogens (tertiary/aromatic N) is 2. The van der Waals surface area contributed by atoms with Crippen molar-refractivity contribution in [3.63, 3.8) is 0 Å². The summed E-state index contributed by atoms with van der Waals surface area (Å²) < 4.78 is 14.2. The molecule has 2 N–H and O–H groups in total. The first-order chi connectivity index (χ1) is 15.3. The second kappa shape index (κ2) is 11.4. The maximum Gasteiger partial charge on any atom is 0.217 e. The predicted octanol–water partition coefficient (Wildman–Crippen LogP) is 5.80. The minimum Gasteiger partial charge on any atom is -0.361 e. The quantitative estimate of drug-likeness (QED) is 0.247. The number of hydrogen-bond acceptors (Lipinski definition) is 3. The van der Waals surface area contributed by atoms with Crippen LogP contribution < -0.4 is 5.32 Å². The Morgan fingerprint density at radius 2 is 1.77 bits per heavy atom. The summed E-state index contributed by atoms with van der Waals surface area (Å²) in [6, 6.07) is 12.7. The Morgan fingerprint density at radius 1 is 0.968 bits per heavy atom. The molecule has 31 heavy (non-hydrogen) atoms. The normalized spacial score (nSPS) is 15.5. The minimum atomic E-state index is -0.360. The van der Waals surface area contributed by atoms with E-state index in [0.29, 0.717) is 18.2 Å². The highest BCUT2D eigenvalue weighted by Gasteiger charge is 2.14. The summed E-state index contributed by atoms with van der Waals surface area (Å²) in [4.78, 5) is 9.55. The van der Waals surface area contributed by atoms with Crippen molar-refractivity contribution < 1.29 is 4.39 Å². The zero-order chi connectivity index (χ0) is 21.3. The number of pyridine rings is 1. The molecule has 0 spiro atoms. The van der Waals surface area contributed by atoms with Gasteiger partial charge in [-0.05, 0) is 56.5 Å². The Morgan fingerprint density at radius 3 is 2.61 bits per heavy atom. The van der Waals surface area contributed by atoms with Gasteiger partial charge in [0.2, 0.25) is 5.95 Å². The highest BCUT2D eigenvalue weighted by molar-refractivity contribution is 5.82. The topological polar surface area (TPSA) is 44.0 Å². The van der Waals surface area contributed by atoms with Crippen LogP contribution in [0, 0.1) is 5.95 Å². The summed E-state index contributed by atoms with van der Waals surface area (Å²) in [5, 5.41) is 5.01. The molecule has 0 amide bonds. The molecule has 2 aromatic heterocycles. The fourth-order valence-corrected chi connectivity index (χ4v) is 4.75. The Bertz CT molecular complexity index is 930. The number of fused-ring (bicyclic) bond motifs is 1. The molecule has 4 rings (SSSR count). The van der Waals surface area contributed by atoms with Gasteiger partial charge in [0.25, 0.3) is 0 Å². The molecule has 1 aliphatic carbocycles. The average Bonchev–Trinajstić information content (AvgIpc) is 3.00. The summed E-state index contributed by atoms with van der Waals surface area (Å²) in [7, 11) is 0. The van der Waals surface area contributed by atoms with E-state index in [0.717, 1.165) is 38.0 Å². The third-order valence-corrected chi connectivity index (χ3v) is 6.49. The van der Waals surface area contributed by atoms with Gasteiger partial charge in [-0.2, -0.15) is 4.39 Å². The van der Waals surface area contributed by atoms with Gasteiger partial charge in [-0.15, -0.1) is 0 Å². The number of rotatable bonds is 10. The first kappa shape index (κ1) is 22.0. The molecule has 1 saturated carbocycles. The van der Waals surface area contributed by atoms with Gasteiger partial charge in [0, 0.05) is 48.0 Å². The van der Waals surface area contributed by atoms with E-state index in [1.165, 1.54) is 55.7 Å². The number of nitrogens with one attached hydrogen (secondary N) is 2. The van der Waals surface area contributed by atoms with Gasteiger partial charge in [0.1, 0.15) is 0 Å². The Balaban J connectivity index is 1.34. The lowest BCUT2D eigenvalue weighted by molar-refractivity contribution is 0.246. The van der Waals surface area contributed by atoms with Gasteiger partial charge in [-0.25, -0.2) is 4.98 Å². The molecule has 1 aromatic carbocycles. The molecule has 0 bridgehead atoms. The van der Waals surface area contributed by atoms with Gasteiger partial charge in [0.15, 0.2) is 0 Å². The van der Waals surface area contributed by atoms with E-state index >= 15 is 0 Å². The second-order valence-corrected chi connectivity index (χ2v) is 8.87. The number of aromatic nitrogens is 2. The first-order valence-electron chi connectivity index (χ1n) is 11.9. The average molecular weight is 423 g/mol. The van der Waals surface area contributed by atoms with Crippen molar-refractivity contribution in [1.82, 2.24) is 20.2 Å². The zero-order valence-corrected chi connectivity index (χ0v) is 18.5. The SMILES string of the molecule is Fc1ncccc1CN(CCCCNC1CCCCCC1)Cc1c[nH]c2ccccc12. The van der Waals surface area contributed by atoms with Crippen LogP contribution in [-0.2, 0) is 13.1 Å². The number of H-pyrrole nitrogens is 1. The predicted molar refractivity (Wildman–Crippen MR) is 125 cm³/mol. The van der Waals surface area contributed by atoms with Crippen molar-refractivity contribution in [2.24, 2.45) is 0 Å².